The summed E-state index contributed by atoms with van der Waals surface area (Å²) in [7, 11) is 0.883. The first kappa shape index (κ1) is 15.9. The van der Waals surface area contributed by atoms with Gasteiger partial charge in [-0.15, -0.1) is 0 Å². The third-order valence-electron chi connectivity index (χ3n) is 5.35. The molecule has 0 N–H and O–H groups in total. The van der Waals surface area contributed by atoms with Crippen LogP contribution in [-0.4, -0.2) is 46.2 Å². The van der Waals surface area contributed by atoms with Crippen LogP contribution in [0.3, 0.4) is 0 Å². The Hall–Kier alpha value is -1.57. The Kier molecular flexibility index (Phi) is 3.82. The van der Waals surface area contributed by atoms with Crippen LogP contribution in [0.15, 0.2) is 24.3 Å². The normalized spacial score (nSPS) is 31.3. The number of hydrogen-bond donors (Lipinski definition) is 1. The molecule has 1 aromatic rings. The molecule has 0 aromatic heterocycles. The molecule has 6 nitrogen and oxygen atoms in total. The van der Waals surface area contributed by atoms with Gasteiger partial charge in [-0.3, -0.25) is 4.18 Å². The van der Waals surface area contributed by atoms with Gasteiger partial charge >= 0.3 is 0 Å². The van der Waals surface area contributed by atoms with Crippen LogP contribution in [0.5, 0.6) is 11.5 Å². The molecule has 0 amide bonds. The molecule has 2 heterocycles. The molecular formula is C17H21NO5S. The van der Waals surface area contributed by atoms with Gasteiger partial charge in [0.1, 0.15) is 6.10 Å². The molecule has 3 aliphatic rings. The molecule has 130 valence electrons. The molecule has 0 fully saturated rings. The van der Waals surface area contributed by atoms with Gasteiger partial charge in [0.15, 0.2) is 11.5 Å². The van der Waals surface area contributed by atoms with Gasteiger partial charge in [0, 0.05) is 18.5 Å². The second-order valence-electron chi connectivity index (χ2n) is 6.73. The van der Waals surface area contributed by atoms with Crippen LogP contribution < -0.4 is 9.47 Å². The summed E-state index contributed by atoms with van der Waals surface area (Å²) in [5, 5.41) is 0. The molecule has 7 heteroatoms. The molecule has 0 saturated heterocycles. The Balaban J connectivity index is 1.84. The number of nitrogens with zero attached hydrogens (tertiary/aromatic N) is 1. The van der Waals surface area contributed by atoms with Crippen molar-refractivity contribution in [2.75, 3.05) is 20.7 Å². The first-order valence-corrected chi connectivity index (χ1v) is 9.19. The quantitative estimate of drug-likeness (QED) is 0.656. The van der Waals surface area contributed by atoms with E-state index < -0.39 is 17.1 Å². The van der Waals surface area contributed by atoms with E-state index in [4.69, 9.17) is 13.7 Å². The maximum absolute atomic E-state index is 10.9. The molecule has 0 radical (unpaired) electrons. The number of hydrogen-bond acceptors (Lipinski definition) is 6. The highest BCUT2D eigenvalue weighted by atomic mass is 32.2. The van der Waals surface area contributed by atoms with Crippen molar-refractivity contribution in [3.05, 3.63) is 35.4 Å². The largest absolute Gasteiger partial charge is 0.493 e. The van der Waals surface area contributed by atoms with Crippen molar-refractivity contribution in [3.63, 3.8) is 0 Å². The summed E-state index contributed by atoms with van der Waals surface area (Å²) < 4.78 is 38.6. The summed E-state index contributed by atoms with van der Waals surface area (Å²) in [6.07, 6.45) is 4.80. The van der Waals surface area contributed by atoms with Crippen LogP contribution in [0.1, 0.15) is 24.0 Å². The number of ether oxygens (including phenoxy) is 2. The van der Waals surface area contributed by atoms with E-state index in [1.54, 1.807) is 7.11 Å². The monoisotopic (exact) mass is 351 g/mol. The number of thiol groups is 1. The van der Waals surface area contributed by atoms with E-state index in [1.165, 1.54) is 11.1 Å². The fraction of sp³-hybridized carbons (Fsp3) is 0.529. The van der Waals surface area contributed by atoms with E-state index in [-0.39, 0.29) is 11.5 Å². The topological polar surface area (TPSA) is 65.1 Å². The maximum Gasteiger partial charge on any atom is 0.257 e. The first-order chi connectivity index (χ1) is 11.5. The van der Waals surface area contributed by atoms with E-state index in [2.05, 4.69) is 24.1 Å². The maximum atomic E-state index is 10.9. The van der Waals surface area contributed by atoms with Gasteiger partial charge in [-0.2, -0.15) is 0 Å². The summed E-state index contributed by atoms with van der Waals surface area (Å²) in [5.74, 6) is 1.53. The second-order valence-corrected chi connectivity index (χ2v) is 7.39. The van der Waals surface area contributed by atoms with Gasteiger partial charge in [-0.05, 0) is 31.6 Å². The third kappa shape index (κ3) is 2.34. The zero-order valence-electron chi connectivity index (χ0n) is 13.7. The molecule has 0 bridgehead atoms. The van der Waals surface area contributed by atoms with Crippen LogP contribution in [-0.2, 0) is 27.1 Å². The van der Waals surface area contributed by atoms with E-state index in [1.807, 2.05) is 12.1 Å². The van der Waals surface area contributed by atoms with Gasteiger partial charge in [-0.1, -0.05) is 18.2 Å². The Morgan fingerprint density at radius 2 is 2.21 bits per heavy atom. The molecule has 1 aromatic carbocycles. The molecule has 24 heavy (non-hydrogen) atoms. The summed E-state index contributed by atoms with van der Waals surface area (Å²) in [4.78, 5) is 2.30. The Morgan fingerprint density at radius 3 is 2.96 bits per heavy atom. The second kappa shape index (κ2) is 5.75. The zero-order valence-corrected chi connectivity index (χ0v) is 14.6. The Labute approximate surface area is 143 Å². The Morgan fingerprint density at radius 1 is 1.38 bits per heavy atom. The van der Waals surface area contributed by atoms with Crippen molar-refractivity contribution in [3.8, 4) is 11.5 Å². The predicted octanol–water partition coefficient (Wildman–Crippen LogP) is 1.40. The highest BCUT2D eigenvalue weighted by Gasteiger charge is 2.53. The van der Waals surface area contributed by atoms with Crippen molar-refractivity contribution in [1.29, 1.82) is 0 Å². The summed E-state index contributed by atoms with van der Waals surface area (Å²) in [6, 6.07) is 4.06. The van der Waals surface area contributed by atoms with Crippen LogP contribution in [0.2, 0.25) is 0 Å². The average Bonchev–Trinajstić information content (AvgIpc) is 2.80. The highest BCUT2D eigenvalue weighted by Crippen LogP contribution is 2.55. The van der Waals surface area contributed by atoms with Crippen LogP contribution in [0.4, 0.5) is 0 Å². The Bertz CT molecular complexity index is 766. The average molecular weight is 351 g/mol. The molecule has 0 saturated carbocycles. The summed E-state index contributed by atoms with van der Waals surface area (Å²) >= 11 is 0. The van der Waals surface area contributed by atoms with Gasteiger partial charge < -0.3 is 14.4 Å². The number of methoxy groups -OCH3 is 1. The minimum atomic E-state index is -2.87. The van der Waals surface area contributed by atoms with Crippen molar-refractivity contribution >= 4 is 11.0 Å². The van der Waals surface area contributed by atoms with Crippen molar-refractivity contribution < 1.29 is 22.1 Å². The fourth-order valence-corrected chi connectivity index (χ4v) is 4.63. The minimum Gasteiger partial charge on any atom is -0.493 e. The van der Waals surface area contributed by atoms with E-state index in [0.717, 1.165) is 31.0 Å². The van der Waals surface area contributed by atoms with Crippen LogP contribution >= 0.6 is 0 Å². The fourth-order valence-electron chi connectivity index (χ4n) is 4.25. The van der Waals surface area contributed by atoms with Crippen LogP contribution in [0.25, 0.3) is 0 Å². The van der Waals surface area contributed by atoms with E-state index >= 15 is 0 Å². The van der Waals surface area contributed by atoms with Gasteiger partial charge in [0.25, 0.3) is 11.0 Å². The van der Waals surface area contributed by atoms with E-state index in [9.17, 15) is 8.42 Å². The first-order valence-electron chi connectivity index (χ1n) is 8.09. The van der Waals surface area contributed by atoms with Crippen molar-refractivity contribution in [2.45, 2.75) is 37.0 Å². The number of rotatable bonds is 3. The molecule has 0 unspecified atom stereocenters. The van der Waals surface area contributed by atoms with Gasteiger partial charge in [0.2, 0.25) is 0 Å². The standard InChI is InChI=1S/C17H21NO5S/c1-18-8-7-17-6-5-12(23-24(19)20)9-14(17)22-16-13(21-2)4-3-11(10-18)15(16)17/h3-6,12,14,24H,7-10H2,1-2H3/t12-,14-,17+/m0/s1. The van der Waals surface area contributed by atoms with Gasteiger partial charge in [-0.25, -0.2) is 8.42 Å². The van der Waals surface area contributed by atoms with Crippen LogP contribution in [0, 0.1) is 0 Å². The molecule has 1 aliphatic carbocycles. The lowest BCUT2D eigenvalue weighted by Crippen LogP contribution is -2.43. The lowest BCUT2D eigenvalue weighted by molar-refractivity contribution is 0.0961. The smallest absolute Gasteiger partial charge is 0.257 e. The number of benzene rings is 1. The summed E-state index contributed by atoms with van der Waals surface area (Å²) in [6.45, 7) is 1.81. The highest BCUT2D eigenvalue weighted by molar-refractivity contribution is 7.67. The minimum absolute atomic E-state index is 0.140. The third-order valence-corrected chi connectivity index (χ3v) is 5.79. The molecule has 1 spiro atoms. The van der Waals surface area contributed by atoms with Gasteiger partial charge in [0.05, 0.1) is 18.6 Å². The zero-order chi connectivity index (χ0) is 16.9. The van der Waals surface area contributed by atoms with Crippen molar-refractivity contribution in [1.82, 2.24) is 4.90 Å². The predicted molar refractivity (Wildman–Crippen MR) is 89.0 cm³/mol. The molecule has 3 atom stereocenters. The lowest BCUT2D eigenvalue weighted by atomic mass is 9.69. The summed E-state index contributed by atoms with van der Waals surface area (Å²) in [5.41, 5.74) is 2.20. The van der Waals surface area contributed by atoms with E-state index in [0.29, 0.717) is 6.42 Å². The molecular weight excluding hydrogens is 330 g/mol. The molecule has 2 aliphatic heterocycles. The van der Waals surface area contributed by atoms with Crippen molar-refractivity contribution in [2.24, 2.45) is 0 Å². The molecule has 4 rings (SSSR count). The lowest BCUT2D eigenvalue weighted by Gasteiger charge is -2.36. The SMILES string of the molecule is COc1ccc2c3c1O[C@H]1C[C@@H](O[SH](=O)=O)C=C[C@]31CCN(C)C2.